The summed E-state index contributed by atoms with van der Waals surface area (Å²) in [6.45, 7) is 4.53. The maximum absolute atomic E-state index is 11.1. The normalized spacial score (nSPS) is 9.31. The van der Waals surface area contributed by atoms with Crippen LogP contribution in [0.25, 0.3) is 0 Å². The van der Waals surface area contributed by atoms with E-state index in [4.69, 9.17) is 4.42 Å². The van der Waals surface area contributed by atoms with Crippen molar-refractivity contribution in [3.8, 4) is 0 Å². The van der Waals surface area contributed by atoms with Crippen molar-refractivity contribution in [2.45, 2.75) is 6.92 Å². The molecule has 4 heteroatoms. The SMILES string of the molecule is C=C(OC(=O)c1ccco1)C(C)=O. The number of furan rings is 1. The van der Waals surface area contributed by atoms with Crippen molar-refractivity contribution in [2.75, 3.05) is 0 Å². The molecule has 0 atom stereocenters. The molecule has 0 fully saturated rings. The third kappa shape index (κ3) is 2.30. The van der Waals surface area contributed by atoms with Crippen LogP contribution in [0.2, 0.25) is 0 Å². The van der Waals surface area contributed by atoms with E-state index in [-0.39, 0.29) is 17.3 Å². The van der Waals surface area contributed by atoms with Gasteiger partial charge in [-0.25, -0.2) is 4.79 Å². The molecule has 1 heterocycles. The van der Waals surface area contributed by atoms with Gasteiger partial charge in [0.25, 0.3) is 0 Å². The Morgan fingerprint density at radius 2 is 2.23 bits per heavy atom. The van der Waals surface area contributed by atoms with E-state index in [1.165, 1.54) is 19.3 Å². The van der Waals surface area contributed by atoms with E-state index < -0.39 is 5.97 Å². The molecule has 0 N–H and O–H groups in total. The first-order valence-corrected chi connectivity index (χ1v) is 3.57. The molecule has 1 rings (SSSR count). The topological polar surface area (TPSA) is 56.5 Å². The van der Waals surface area contributed by atoms with E-state index in [0.29, 0.717) is 0 Å². The summed E-state index contributed by atoms with van der Waals surface area (Å²) in [5.41, 5.74) is 0. The predicted octanol–water partition coefficient (Wildman–Crippen LogP) is 1.54. The second-order valence-corrected chi connectivity index (χ2v) is 2.35. The van der Waals surface area contributed by atoms with Gasteiger partial charge in [-0.1, -0.05) is 6.58 Å². The first kappa shape index (κ1) is 9.25. The summed E-state index contributed by atoms with van der Waals surface area (Å²) in [6.07, 6.45) is 1.34. The standard InChI is InChI=1S/C9H8O4/c1-6(10)7(2)13-9(11)8-4-3-5-12-8/h3-5H,2H2,1H3. The number of allylic oxidation sites excluding steroid dienone is 1. The summed E-state index contributed by atoms with van der Waals surface area (Å²) in [5.74, 6) is -1.26. The zero-order valence-electron chi connectivity index (χ0n) is 7.07. The molecule has 13 heavy (non-hydrogen) atoms. The number of Topliss-reactive ketones (excluding diaryl/α,β-unsaturated/α-hetero) is 1. The Kier molecular flexibility index (Phi) is 2.64. The number of esters is 1. The molecule has 1 aromatic heterocycles. The molecule has 0 aromatic carbocycles. The van der Waals surface area contributed by atoms with Gasteiger partial charge in [0.1, 0.15) is 0 Å². The smallest absolute Gasteiger partial charge is 0.379 e. The van der Waals surface area contributed by atoms with Gasteiger partial charge in [-0.2, -0.15) is 0 Å². The number of carbonyl (C=O) groups excluding carboxylic acids is 2. The molecular weight excluding hydrogens is 172 g/mol. The molecule has 0 saturated heterocycles. The van der Waals surface area contributed by atoms with Crippen LogP contribution in [0.1, 0.15) is 17.5 Å². The minimum absolute atomic E-state index is 0.0439. The van der Waals surface area contributed by atoms with Gasteiger partial charge in [0.15, 0.2) is 11.5 Å². The molecule has 0 aliphatic heterocycles. The number of hydrogen-bond donors (Lipinski definition) is 0. The van der Waals surface area contributed by atoms with E-state index >= 15 is 0 Å². The van der Waals surface area contributed by atoms with Gasteiger partial charge in [-0.15, -0.1) is 0 Å². The van der Waals surface area contributed by atoms with Crippen LogP contribution in [0, 0.1) is 0 Å². The lowest BCUT2D eigenvalue weighted by molar-refractivity contribution is -0.116. The van der Waals surface area contributed by atoms with Crippen LogP contribution in [0.3, 0.4) is 0 Å². The summed E-state index contributed by atoms with van der Waals surface area (Å²) in [4.78, 5) is 21.7. The van der Waals surface area contributed by atoms with Crippen LogP contribution in [-0.4, -0.2) is 11.8 Å². The Balaban J connectivity index is 2.62. The second-order valence-electron chi connectivity index (χ2n) is 2.35. The third-order valence-electron chi connectivity index (χ3n) is 1.33. The summed E-state index contributed by atoms with van der Waals surface area (Å²) in [7, 11) is 0. The maximum atomic E-state index is 11.1. The predicted molar refractivity (Wildman–Crippen MR) is 43.9 cm³/mol. The number of ether oxygens (including phenoxy) is 1. The molecule has 0 aliphatic rings. The Bertz CT molecular complexity index is 335. The molecule has 1 aromatic rings. The fourth-order valence-electron chi connectivity index (χ4n) is 0.629. The summed E-state index contributed by atoms with van der Waals surface area (Å²) in [5, 5.41) is 0. The summed E-state index contributed by atoms with van der Waals surface area (Å²) in [6, 6.07) is 2.99. The number of rotatable bonds is 3. The average molecular weight is 180 g/mol. The first-order chi connectivity index (χ1) is 6.11. The van der Waals surface area contributed by atoms with E-state index in [2.05, 4.69) is 11.3 Å². The highest BCUT2D eigenvalue weighted by Gasteiger charge is 2.13. The fourth-order valence-corrected chi connectivity index (χ4v) is 0.629. The minimum Gasteiger partial charge on any atom is -0.457 e. The van der Waals surface area contributed by atoms with Gasteiger partial charge in [-0.05, 0) is 12.1 Å². The number of carbonyl (C=O) groups is 2. The number of hydrogen-bond acceptors (Lipinski definition) is 4. The van der Waals surface area contributed by atoms with Crippen LogP contribution in [0.15, 0.2) is 35.2 Å². The Hall–Kier alpha value is -1.84. The van der Waals surface area contributed by atoms with E-state index in [1.54, 1.807) is 6.07 Å². The molecule has 0 saturated carbocycles. The fraction of sp³-hybridized carbons (Fsp3) is 0.111. The monoisotopic (exact) mass is 180 g/mol. The van der Waals surface area contributed by atoms with E-state index in [9.17, 15) is 9.59 Å². The Morgan fingerprint density at radius 3 is 2.69 bits per heavy atom. The van der Waals surface area contributed by atoms with Crippen molar-refractivity contribution in [1.82, 2.24) is 0 Å². The zero-order valence-corrected chi connectivity index (χ0v) is 7.07. The molecule has 0 radical (unpaired) electrons. The highest BCUT2D eigenvalue weighted by atomic mass is 16.6. The third-order valence-corrected chi connectivity index (χ3v) is 1.33. The largest absolute Gasteiger partial charge is 0.457 e. The van der Waals surface area contributed by atoms with Gasteiger partial charge in [0.2, 0.25) is 5.76 Å². The molecule has 0 bridgehead atoms. The van der Waals surface area contributed by atoms with Gasteiger partial charge in [0.05, 0.1) is 6.26 Å². The molecule has 0 aliphatic carbocycles. The highest BCUT2D eigenvalue weighted by Crippen LogP contribution is 2.05. The number of ketones is 1. The molecule has 0 unspecified atom stereocenters. The van der Waals surface area contributed by atoms with Crippen molar-refractivity contribution in [1.29, 1.82) is 0 Å². The van der Waals surface area contributed by atoms with E-state index in [1.807, 2.05) is 0 Å². The first-order valence-electron chi connectivity index (χ1n) is 3.57. The molecule has 0 spiro atoms. The summed E-state index contributed by atoms with van der Waals surface area (Å²) >= 11 is 0. The molecule has 0 amide bonds. The quantitative estimate of drug-likeness (QED) is 0.402. The highest BCUT2D eigenvalue weighted by molar-refractivity contribution is 5.96. The van der Waals surface area contributed by atoms with Crippen molar-refractivity contribution < 1.29 is 18.7 Å². The van der Waals surface area contributed by atoms with Gasteiger partial charge in [0, 0.05) is 6.92 Å². The van der Waals surface area contributed by atoms with Crippen LogP contribution in [-0.2, 0) is 9.53 Å². The molecule has 68 valence electrons. The lowest BCUT2D eigenvalue weighted by Gasteiger charge is -2.00. The lowest BCUT2D eigenvalue weighted by Crippen LogP contribution is -2.07. The van der Waals surface area contributed by atoms with Crippen molar-refractivity contribution in [3.05, 3.63) is 36.5 Å². The Labute approximate surface area is 74.8 Å². The van der Waals surface area contributed by atoms with Crippen LogP contribution >= 0.6 is 0 Å². The van der Waals surface area contributed by atoms with Crippen LogP contribution in [0.5, 0.6) is 0 Å². The van der Waals surface area contributed by atoms with Gasteiger partial charge in [-0.3, -0.25) is 4.79 Å². The maximum Gasteiger partial charge on any atom is 0.379 e. The Morgan fingerprint density at radius 1 is 1.54 bits per heavy atom. The lowest BCUT2D eigenvalue weighted by atomic mass is 10.4. The van der Waals surface area contributed by atoms with E-state index in [0.717, 1.165) is 0 Å². The minimum atomic E-state index is -0.717. The van der Waals surface area contributed by atoms with Crippen molar-refractivity contribution in [3.63, 3.8) is 0 Å². The second kappa shape index (κ2) is 3.71. The van der Waals surface area contributed by atoms with Crippen molar-refractivity contribution in [2.24, 2.45) is 0 Å². The molecule has 4 nitrogen and oxygen atoms in total. The van der Waals surface area contributed by atoms with Crippen LogP contribution < -0.4 is 0 Å². The van der Waals surface area contributed by atoms with Crippen LogP contribution in [0.4, 0.5) is 0 Å². The van der Waals surface area contributed by atoms with Crippen molar-refractivity contribution >= 4 is 11.8 Å². The summed E-state index contributed by atoms with van der Waals surface area (Å²) < 4.78 is 9.33. The average Bonchev–Trinajstić information content (AvgIpc) is 2.55. The zero-order chi connectivity index (χ0) is 9.84. The van der Waals surface area contributed by atoms with Gasteiger partial charge < -0.3 is 9.15 Å². The molecular formula is C9H8O4. The van der Waals surface area contributed by atoms with Gasteiger partial charge >= 0.3 is 5.97 Å².